The van der Waals surface area contributed by atoms with Crippen LogP contribution in [0.1, 0.15) is 10.4 Å². The Hall–Kier alpha value is -1.56. The lowest BCUT2D eigenvalue weighted by Crippen LogP contribution is -2.13. The molecule has 0 saturated carbocycles. The zero-order valence-corrected chi connectivity index (χ0v) is 8.91. The third-order valence-corrected chi connectivity index (χ3v) is 2.53. The zero-order chi connectivity index (χ0) is 11.0. The maximum absolute atomic E-state index is 11.3. The molecule has 1 aliphatic rings. The van der Waals surface area contributed by atoms with Crippen LogP contribution >= 0.6 is 15.9 Å². The number of fused-ring (bicyclic) bond motifs is 1. The fourth-order valence-electron chi connectivity index (χ4n) is 1.26. The van der Waals surface area contributed by atoms with Gasteiger partial charge in [-0.1, -0.05) is 0 Å². The normalized spacial score (nSPS) is 12.6. The summed E-state index contributed by atoms with van der Waals surface area (Å²) < 4.78 is 10.8. The van der Waals surface area contributed by atoms with Gasteiger partial charge in [0, 0.05) is 0 Å². The van der Waals surface area contributed by atoms with Crippen LogP contribution in [0.2, 0.25) is 0 Å². The van der Waals surface area contributed by atoms with Crippen molar-refractivity contribution in [3.8, 4) is 11.5 Å². The number of benzene rings is 1. The van der Waals surface area contributed by atoms with Gasteiger partial charge < -0.3 is 14.6 Å². The summed E-state index contributed by atoms with van der Waals surface area (Å²) in [6.07, 6.45) is 0. The second-order valence-electron chi connectivity index (χ2n) is 2.79. The van der Waals surface area contributed by atoms with Crippen LogP contribution in [-0.4, -0.2) is 23.7 Å². The number of halogens is 1. The van der Waals surface area contributed by atoms with E-state index in [1.807, 2.05) is 0 Å². The van der Waals surface area contributed by atoms with Crippen LogP contribution in [-0.2, 0) is 4.79 Å². The van der Waals surface area contributed by atoms with E-state index < -0.39 is 11.8 Å². The second kappa shape index (κ2) is 3.54. The first-order valence-corrected chi connectivity index (χ1v) is 4.76. The Morgan fingerprint density at radius 2 is 1.93 bits per heavy atom. The van der Waals surface area contributed by atoms with Crippen molar-refractivity contribution in [2.45, 2.75) is 0 Å². The van der Waals surface area contributed by atoms with Crippen LogP contribution in [0.3, 0.4) is 0 Å². The van der Waals surface area contributed by atoms with E-state index in [0.717, 1.165) is 0 Å². The number of rotatable bonds is 2. The average molecular weight is 273 g/mol. The van der Waals surface area contributed by atoms with E-state index in [1.165, 1.54) is 6.07 Å². The molecule has 0 bridgehead atoms. The summed E-state index contributed by atoms with van der Waals surface area (Å²) in [7, 11) is 0. The van der Waals surface area contributed by atoms with Gasteiger partial charge in [-0.05, 0) is 28.1 Å². The minimum atomic E-state index is -1.52. The molecule has 0 aliphatic carbocycles. The maximum Gasteiger partial charge on any atom is 0.377 e. The summed E-state index contributed by atoms with van der Waals surface area (Å²) in [6, 6.07) is 2.93. The SMILES string of the molecule is O=C(O)C(=O)c1ccc(Br)c2c1OCO2. The van der Waals surface area contributed by atoms with Crippen molar-refractivity contribution >= 4 is 27.7 Å². The Morgan fingerprint density at radius 1 is 1.27 bits per heavy atom. The van der Waals surface area contributed by atoms with E-state index in [-0.39, 0.29) is 18.1 Å². The highest BCUT2D eigenvalue weighted by Gasteiger charge is 2.27. The number of carboxylic acids is 1. The molecule has 0 unspecified atom stereocenters. The van der Waals surface area contributed by atoms with Crippen molar-refractivity contribution in [2.24, 2.45) is 0 Å². The van der Waals surface area contributed by atoms with E-state index >= 15 is 0 Å². The summed E-state index contributed by atoms with van der Waals surface area (Å²) in [5.74, 6) is -1.99. The molecule has 2 rings (SSSR count). The predicted molar refractivity (Wildman–Crippen MR) is 52.2 cm³/mol. The van der Waals surface area contributed by atoms with Crippen LogP contribution in [0, 0.1) is 0 Å². The molecule has 6 heteroatoms. The number of ether oxygens (including phenoxy) is 2. The largest absolute Gasteiger partial charge is 0.475 e. The molecule has 1 N–H and O–H groups in total. The number of ketones is 1. The van der Waals surface area contributed by atoms with Crippen LogP contribution in [0.15, 0.2) is 16.6 Å². The molecule has 1 aromatic rings. The first kappa shape index (κ1) is 9.97. The molecule has 1 aliphatic heterocycles. The number of hydrogen-bond donors (Lipinski definition) is 1. The number of carbonyl (C=O) groups excluding carboxylic acids is 1. The van der Waals surface area contributed by atoms with Crippen molar-refractivity contribution in [1.82, 2.24) is 0 Å². The number of Topliss-reactive ketones (excluding diaryl/α,β-unsaturated/α-hetero) is 1. The van der Waals surface area contributed by atoms with Gasteiger partial charge in [0.1, 0.15) is 0 Å². The Bertz CT molecular complexity index is 454. The fourth-order valence-corrected chi connectivity index (χ4v) is 1.68. The molecule has 15 heavy (non-hydrogen) atoms. The molecular formula is C9H5BrO5. The molecule has 5 nitrogen and oxygen atoms in total. The van der Waals surface area contributed by atoms with Crippen LogP contribution in [0.5, 0.6) is 11.5 Å². The summed E-state index contributed by atoms with van der Waals surface area (Å²) in [6.45, 7) is -0.0160. The molecule has 0 saturated heterocycles. The highest BCUT2D eigenvalue weighted by Crippen LogP contribution is 2.41. The summed E-state index contributed by atoms with van der Waals surface area (Å²) in [5, 5.41) is 8.58. The Morgan fingerprint density at radius 3 is 2.60 bits per heavy atom. The molecule has 1 aromatic carbocycles. The van der Waals surface area contributed by atoms with E-state index in [1.54, 1.807) is 6.07 Å². The van der Waals surface area contributed by atoms with Gasteiger partial charge in [0.05, 0.1) is 10.0 Å². The van der Waals surface area contributed by atoms with Gasteiger partial charge in [0.25, 0.3) is 5.78 Å². The van der Waals surface area contributed by atoms with Crippen LogP contribution < -0.4 is 9.47 Å². The number of carboxylic acid groups (broad SMARTS) is 1. The summed E-state index contributed by atoms with van der Waals surface area (Å²) in [5.41, 5.74) is -0.00167. The molecule has 0 atom stereocenters. The Balaban J connectivity index is 2.55. The third-order valence-electron chi connectivity index (χ3n) is 1.91. The molecular weight excluding hydrogens is 268 g/mol. The second-order valence-corrected chi connectivity index (χ2v) is 3.65. The predicted octanol–water partition coefficient (Wildman–Crippen LogP) is 1.45. The van der Waals surface area contributed by atoms with Crippen molar-refractivity contribution in [1.29, 1.82) is 0 Å². The molecule has 0 aromatic heterocycles. The van der Waals surface area contributed by atoms with Gasteiger partial charge in [-0.15, -0.1) is 0 Å². The van der Waals surface area contributed by atoms with E-state index in [4.69, 9.17) is 14.6 Å². The van der Waals surface area contributed by atoms with Crippen molar-refractivity contribution in [2.75, 3.05) is 6.79 Å². The number of carbonyl (C=O) groups is 2. The first-order valence-electron chi connectivity index (χ1n) is 3.97. The lowest BCUT2D eigenvalue weighted by molar-refractivity contribution is -0.131. The lowest BCUT2D eigenvalue weighted by atomic mass is 10.1. The van der Waals surface area contributed by atoms with Gasteiger partial charge in [-0.3, -0.25) is 4.79 Å². The van der Waals surface area contributed by atoms with E-state index in [0.29, 0.717) is 10.2 Å². The van der Waals surface area contributed by atoms with E-state index in [2.05, 4.69) is 15.9 Å². The first-order chi connectivity index (χ1) is 7.11. The van der Waals surface area contributed by atoms with Gasteiger partial charge in [-0.2, -0.15) is 0 Å². The highest BCUT2D eigenvalue weighted by atomic mass is 79.9. The van der Waals surface area contributed by atoms with Crippen LogP contribution in [0.25, 0.3) is 0 Å². The van der Waals surface area contributed by atoms with Gasteiger partial charge in [0.2, 0.25) is 6.79 Å². The minimum Gasteiger partial charge on any atom is -0.475 e. The molecule has 0 spiro atoms. The quantitative estimate of drug-likeness (QED) is 0.652. The topological polar surface area (TPSA) is 72.8 Å². The molecule has 1 heterocycles. The van der Waals surface area contributed by atoms with Crippen molar-refractivity contribution in [3.63, 3.8) is 0 Å². The fraction of sp³-hybridized carbons (Fsp3) is 0.111. The number of aliphatic carboxylic acids is 1. The zero-order valence-electron chi connectivity index (χ0n) is 7.32. The van der Waals surface area contributed by atoms with Crippen molar-refractivity contribution < 1.29 is 24.2 Å². The van der Waals surface area contributed by atoms with E-state index in [9.17, 15) is 9.59 Å². The Labute approximate surface area is 92.7 Å². The lowest BCUT2D eigenvalue weighted by Gasteiger charge is -2.03. The number of hydrogen-bond acceptors (Lipinski definition) is 4. The minimum absolute atomic E-state index is 0.00167. The third kappa shape index (κ3) is 1.56. The molecule has 0 amide bonds. The molecule has 78 valence electrons. The summed E-state index contributed by atoms with van der Waals surface area (Å²) in [4.78, 5) is 21.8. The monoisotopic (exact) mass is 272 g/mol. The standard InChI is InChI=1S/C9H5BrO5/c10-5-2-1-4(6(11)9(12)13)7-8(5)15-3-14-7/h1-2H,3H2,(H,12,13). The average Bonchev–Trinajstić information content (AvgIpc) is 2.66. The van der Waals surface area contributed by atoms with Crippen LogP contribution in [0.4, 0.5) is 0 Å². The maximum atomic E-state index is 11.3. The Kier molecular flexibility index (Phi) is 2.36. The smallest absolute Gasteiger partial charge is 0.377 e. The molecule has 0 fully saturated rings. The highest BCUT2D eigenvalue weighted by molar-refractivity contribution is 9.10. The molecule has 0 radical (unpaired) electrons. The van der Waals surface area contributed by atoms with Gasteiger partial charge in [0.15, 0.2) is 11.5 Å². The van der Waals surface area contributed by atoms with Gasteiger partial charge in [-0.25, -0.2) is 4.79 Å². The summed E-state index contributed by atoms with van der Waals surface area (Å²) >= 11 is 3.20. The van der Waals surface area contributed by atoms with Crippen molar-refractivity contribution in [3.05, 3.63) is 22.2 Å². The van der Waals surface area contributed by atoms with Gasteiger partial charge >= 0.3 is 5.97 Å².